The van der Waals surface area contributed by atoms with Crippen molar-refractivity contribution in [3.8, 4) is 0 Å². The van der Waals surface area contributed by atoms with Crippen molar-refractivity contribution < 1.29 is 28.7 Å². The first kappa shape index (κ1) is 41.3. The van der Waals surface area contributed by atoms with Gasteiger partial charge in [0.05, 0.1) is 12.0 Å². The molecule has 1 aliphatic heterocycles. The quantitative estimate of drug-likeness (QED) is 0.0559. The zero-order valence-corrected chi connectivity index (χ0v) is 30.0. The summed E-state index contributed by atoms with van der Waals surface area (Å²) in [4.78, 5) is 67.2. The second-order valence-electron chi connectivity index (χ2n) is 13.6. The van der Waals surface area contributed by atoms with E-state index in [9.17, 15) is 24.0 Å². The minimum atomic E-state index is -1.10. The second kappa shape index (κ2) is 22.6. The highest BCUT2D eigenvalue weighted by molar-refractivity contribution is 5.96. The molecule has 1 fully saturated rings. The Morgan fingerprint density at radius 1 is 0.765 bits per heavy atom. The standard InChI is InChI=1S/C38H57N7O6/c1-26(2)23-32(35(47)43-31(15-9-10-19-41-22-18-39)38(50)51-37(49)29-16-20-42-21-17-29)45-36(48)33(25-28-13-7-4-8-14-28)44-34(46)30(40)24-27-11-5-3-6-12-27/h3-8,11-14,26,29-33,41-42H,9-10,15-25,39-40H2,1-2H3,(H,43,47)(H,44,46)(H,45,48)/t30-,31-,32-,33-/m1/s1. The van der Waals surface area contributed by atoms with Gasteiger partial charge >= 0.3 is 11.9 Å². The number of nitrogens with two attached hydrogens (primary N) is 2. The fourth-order valence-electron chi connectivity index (χ4n) is 5.93. The molecule has 0 unspecified atom stereocenters. The number of unbranched alkanes of at least 4 members (excludes halogenated alkanes) is 1. The lowest BCUT2D eigenvalue weighted by atomic mass is 9.98. The third kappa shape index (κ3) is 15.3. The number of amides is 3. The molecule has 3 rings (SSSR count). The van der Waals surface area contributed by atoms with Gasteiger partial charge in [0.2, 0.25) is 17.7 Å². The van der Waals surface area contributed by atoms with E-state index in [0.717, 1.165) is 11.1 Å². The number of piperidine rings is 1. The summed E-state index contributed by atoms with van der Waals surface area (Å²) in [5.74, 6) is -3.46. The lowest BCUT2D eigenvalue weighted by molar-refractivity contribution is -0.165. The fourth-order valence-corrected chi connectivity index (χ4v) is 5.93. The molecule has 2 aromatic carbocycles. The van der Waals surface area contributed by atoms with E-state index < -0.39 is 59.7 Å². The third-order valence-electron chi connectivity index (χ3n) is 8.78. The number of hydrogen-bond donors (Lipinski definition) is 7. The first-order chi connectivity index (χ1) is 24.6. The molecule has 280 valence electrons. The van der Waals surface area contributed by atoms with Crippen molar-refractivity contribution >= 4 is 29.7 Å². The highest BCUT2D eigenvalue weighted by Crippen LogP contribution is 2.15. The van der Waals surface area contributed by atoms with Crippen LogP contribution in [0.25, 0.3) is 0 Å². The predicted octanol–water partition coefficient (Wildman–Crippen LogP) is 1.09. The lowest BCUT2D eigenvalue weighted by Crippen LogP contribution is -2.58. The highest BCUT2D eigenvalue weighted by Gasteiger charge is 2.33. The maximum atomic E-state index is 13.9. The Labute approximate surface area is 301 Å². The van der Waals surface area contributed by atoms with Crippen LogP contribution in [0, 0.1) is 11.8 Å². The lowest BCUT2D eigenvalue weighted by Gasteiger charge is -2.27. The van der Waals surface area contributed by atoms with Crippen LogP contribution in [0.2, 0.25) is 0 Å². The van der Waals surface area contributed by atoms with Crippen LogP contribution in [0.15, 0.2) is 60.7 Å². The van der Waals surface area contributed by atoms with E-state index in [4.69, 9.17) is 16.2 Å². The number of esters is 2. The molecule has 3 amide bonds. The fraction of sp³-hybridized carbons (Fsp3) is 0.553. The Morgan fingerprint density at radius 3 is 1.94 bits per heavy atom. The maximum Gasteiger partial charge on any atom is 0.336 e. The minimum Gasteiger partial charge on any atom is -0.391 e. The molecular weight excluding hydrogens is 650 g/mol. The molecular formula is C38H57N7O6. The first-order valence-corrected chi connectivity index (χ1v) is 18.2. The largest absolute Gasteiger partial charge is 0.391 e. The molecule has 1 aliphatic rings. The van der Waals surface area contributed by atoms with Crippen LogP contribution < -0.4 is 38.1 Å². The molecule has 13 nitrogen and oxygen atoms in total. The van der Waals surface area contributed by atoms with Crippen LogP contribution in [0.5, 0.6) is 0 Å². The molecule has 51 heavy (non-hydrogen) atoms. The SMILES string of the molecule is CC(C)C[C@@H](NC(=O)[C@@H](Cc1ccccc1)NC(=O)[C@H](N)Cc1ccccc1)C(=O)N[C@H](CCCCNCCN)C(=O)OC(=O)C1CCNCC1. The Bertz CT molecular complexity index is 1370. The molecule has 9 N–H and O–H groups in total. The van der Waals surface area contributed by atoms with Gasteiger partial charge in [-0.05, 0) is 81.6 Å². The Hall–Kier alpha value is -4.17. The molecule has 0 radical (unpaired) electrons. The van der Waals surface area contributed by atoms with Gasteiger partial charge in [-0.2, -0.15) is 0 Å². The summed E-state index contributed by atoms with van der Waals surface area (Å²) in [6.07, 6.45) is 3.35. The van der Waals surface area contributed by atoms with Gasteiger partial charge in [0, 0.05) is 19.5 Å². The van der Waals surface area contributed by atoms with Crippen molar-refractivity contribution in [1.29, 1.82) is 0 Å². The Morgan fingerprint density at radius 2 is 1.33 bits per heavy atom. The number of nitrogens with one attached hydrogen (secondary N) is 5. The highest BCUT2D eigenvalue weighted by atomic mass is 16.6. The number of rotatable bonds is 21. The van der Waals surface area contributed by atoms with Gasteiger partial charge in [0.15, 0.2) is 0 Å². The zero-order chi connectivity index (χ0) is 37.0. The van der Waals surface area contributed by atoms with Crippen molar-refractivity contribution in [3.05, 3.63) is 71.8 Å². The van der Waals surface area contributed by atoms with Crippen LogP contribution in [0.3, 0.4) is 0 Å². The van der Waals surface area contributed by atoms with Crippen molar-refractivity contribution in [2.45, 2.75) is 89.4 Å². The molecule has 2 aromatic rings. The number of benzene rings is 2. The van der Waals surface area contributed by atoms with Gasteiger partial charge in [-0.25, -0.2) is 4.79 Å². The summed E-state index contributed by atoms with van der Waals surface area (Å²) < 4.78 is 5.30. The normalized spacial score (nSPS) is 15.6. The van der Waals surface area contributed by atoms with Gasteiger partial charge in [0.1, 0.15) is 18.1 Å². The smallest absolute Gasteiger partial charge is 0.336 e. The van der Waals surface area contributed by atoms with E-state index in [0.29, 0.717) is 58.4 Å². The zero-order valence-electron chi connectivity index (χ0n) is 30.0. The average Bonchev–Trinajstić information content (AvgIpc) is 3.12. The van der Waals surface area contributed by atoms with Gasteiger partial charge in [-0.15, -0.1) is 0 Å². The van der Waals surface area contributed by atoms with Gasteiger partial charge in [0.25, 0.3) is 0 Å². The van der Waals surface area contributed by atoms with Crippen LogP contribution in [-0.2, 0) is 41.6 Å². The van der Waals surface area contributed by atoms with E-state index in [1.54, 1.807) is 0 Å². The third-order valence-corrected chi connectivity index (χ3v) is 8.78. The van der Waals surface area contributed by atoms with E-state index >= 15 is 0 Å². The average molecular weight is 708 g/mol. The summed E-state index contributed by atoms with van der Waals surface area (Å²) in [5.41, 5.74) is 13.5. The van der Waals surface area contributed by atoms with Crippen molar-refractivity contribution in [2.24, 2.45) is 23.3 Å². The van der Waals surface area contributed by atoms with E-state index in [2.05, 4.69) is 26.6 Å². The van der Waals surface area contributed by atoms with Gasteiger partial charge < -0.3 is 42.8 Å². The van der Waals surface area contributed by atoms with Crippen molar-refractivity contribution in [3.63, 3.8) is 0 Å². The molecule has 0 spiro atoms. The molecule has 13 heteroatoms. The maximum absolute atomic E-state index is 13.9. The van der Waals surface area contributed by atoms with Crippen molar-refractivity contribution in [1.82, 2.24) is 26.6 Å². The van der Waals surface area contributed by atoms with Gasteiger partial charge in [-0.1, -0.05) is 74.5 Å². The summed E-state index contributed by atoms with van der Waals surface area (Å²) >= 11 is 0. The minimum absolute atomic E-state index is 0.0111. The molecule has 1 heterocycles. The summed E-state index contributed by atoms with van der Waals surface area (Å²) in [6.45, 7) is 6.98. The predicted molar refractivity (Wildman–Crippen MR) is 196 cm³/mol. The number of carbonyl (C=O) groups is 5. The van der Waals surface area contributed by atoms with Gasteiger partial charge in [-0.3, -0.25) is 19.2 Å². The summed E-state index contributed by atoms with van der Waals surface area (Å²) in [5, 5.41) is 14.8. The molecule has 0 saturated carbocycles. The van der Waals surface area contributed by atoms with E-state index in [1.165, 1.54) is 0 Å². The molecule has 1 saturated heterocycles. The Kier molecular flexibility index (Phi) is 18.3. The van der Waals surface area contributed by atoms with Crippen LogP contribution in [-0.4, -0.2) is 86.6 Å². The molecule has 0 bridgehead atoms. The summed E-state index contributed by atoms with van der Waals surface area (Å²) in [6, 6.07) is 14.5. The van der Waals surface area contributed by atoms with Crippen LogP contribution in [0.1, 0.15) is 63.5 Å². The first-order valence-electron chi connectivity index (χ1n) is 18.2. The Balaban J connectivity index is 1.74. The summed E-state index contributed by atoms with van der Waals surface area (Å²) in [7, 11) is 0. The molecule has 4 atom stereocenters. The topological polar surface area (TPSA) is 207 Å². The van der Waals surface area contributed by atoms with Crippen LogP contribution >= 0.6 is 0 Å². The molecule has 0 aromatic heterocycles. The van der Waals surface area contributed by atoms with Crippen molar-refractivity contribution in [2.75, 3.05) is 32.7 Å². The van der Waals surface area contributed by atoms with E-state index in [-0.39, 0.29) is 31.6 Å². The second-order valence-corrected chi connectivity index (χ2v) is 13.6. The number of carbonyl (C=O) groups excluding carboxylic acids is 5. The number of ether oxygens (including phenoxy) is 1. The van der Waals surface area contributed by atoms with Crippen LogP contribution in [0.4, 0.5) is 0 Å². The number of hydrogen-bond acceptors (Lipinski definition) is 10. The van der Waals surface area contributed by atoms with E-state index in [1.807, 2.05) is 74.5 Å². The monoisotopic (exact) mass is 707 g/mol. The molecule has 0 aliphatic carbocycles.